The third-order valence-electron chi connectivity index (χ3n) is 3.13. The first kappa shape index (κ1) is 18.9. The Morgan fingerprint density at radius 1 is 1.48 bits per heavy atom. The van der Waals surface area contributed by atoms with Crippen molar-refractivity contribution in [3.8, 4) is 17.1 Å². The minimum absolute atomic E-state index is 0. The number of carbonyl (C=O) groups excluding carboxylic acids is 1. The van der Waals surface area contributed by atoms with Crippen LogP contribution in [0.2, 0.25) is 0 Å². The van der Waals surface area contributed by atoms with Crippen molar-refractivity contribution in [3.05, 3.63) is 30.2 Å². The van der Waals surface area contributed by atoms with Gasteiger partial charge in [0.2, 0.25) is 17.6 Å². The molecule has 0 aliphatic rings. The van der Waals surface area contributed by atoms with Crippen LogP contribution in [0.4, 0.5) is 0 Å². The van der Waals surface area contributed by atoms with Crippen LogP contribution in [0.5, 0.6) is 5.75 Å². The van der Waals surface area contributed by atoms with Gasteiger partial charge in [-0.25, -0.2) is 0 Å². The minimum Gasteiger partial charge on any atom is -0.497 e. The number of nitrogens with one attached hydrogen (secondary N) is 1. The summed E-state index contributed by atoms with van der Waals surface area (Å²) < 4.78 is 10.4. The molecule has 8 heteroatoms. The van der Waals surface area contributed by atoms with E-state index >= 15 is 0 Å². The van der Waals surface area contributed by atoms with Crippen molar-refractivity contribution >= 4 is 18.3 Å². The summed E-state index contributed by atoms with van der Waals surface area (Å²) in [6, 6.07) is 7.02. The molecule has 3 N–H and O–H groups in total. The largest absolute Gasteiger partial charge is 0.497 e. The first-order chi connectivity index (χ1) is 10.6. The number of halogens is 1. The average Bonchev–Trinajstić information content (AvgIpc) is 3.03. The molecule has 7 nitrogen and oxygen atoms in total. The fourth-order valence-corrected chi connectivity index (χ4v) is 1.93. The lowest BCUT2D eigenvalue weighted by Gasteiger charge is -2.08. The van der Waals surface area contributed by atoms with Gasteiger partial charge in [0, 0.05) is 12.0 Å². The summed E-state index contributed by atoms with van der Waals surface area (Å²) in [6.45, 7) is 2.28. The molecule has 126 valence electrons. The number of benzene rings is 1. The Kier molecular flexibility index (Phi) is 7.50. The van der Waals surface area contributed by atoms with Gasteiger partial charge in [0.25, 0.3) is 0 Å². The van der Waals surface area contributed by atoms with E-state index in [1.54, 1.807) is 14.0 Å². The summed E-state index contributed by atoms with van der Waals surface area (Å²) in [5.74, 6) is 1.45. The van der Waals surface area contributed by atoms with E-state index in [0.717, 1.165) is 5.56 Å². The fraction of sp³-hybridized carbons (Fsp3) is 0.400. The minimum atomic E-state index is -0.350. The summed E-state index contributed by atoms with van der Waals surface area (Å²) in [5.41, 5.74) is 6.17. The Bertz CT molecular complexity index is 633. The smallest absolute Gasteiger partial charge is 0.249 e. The predicted octanol–water partition coefficient (Wildman–Crippen LogP) is 2.08. The van der Waals surface area contributed by atoms with E-state index < -0.39 is 0 Å². The lowest BCUT2D eigenvalue weighted by atomic mass is 10.2. The monoisotopic (exact) mass is 340 g/mol. The van der Waals surface area contributed by atoms with E-state index in [0.29, 0.717) is 36.9 Å². The van der Waals surface area contributed by atoms with Crippen LogP contribution in [0.15, 0.2) is 28.8 Å². The summed E-state index contributed by atoms with van der Waals surface area (Å²) in [6.07, 6.45) is 1.04. The van der Waals surface area contributed by atoms with Gasteiger partial charge in [-0.15, -0.1) is 12.4 Å². The first-order valence-corrected chi connectivity index (χ1v) is 7.11. The molecule has 23 heavy (non-hydrogen) atoms. The number of nitrogens with zero attached hydrogens (tertiary/aromatic N) is 2. The van der Waals surface area contributed by atoms with Gasteiger partial charge in [0.1, 0.15) is 11.8 Å². The molecule has 0 radical (unpaired) electrons. The number of hydrogen-bond donors (Lipinski definition) is 2. The molecule has 0 spiro atoms. The average molecular weight is 341 g/mol. The predicted molar refractivity (Wildman–Crippen MR) is 88.4 cm³/mol. The normalized spacial score (nSPS) is 11.4. The highest BCUT2D eigenvalue weighted by atomic mass is 35.5. The van der Waals surface area contributed by atoms with Gasteiger partial charge in [-0.05, 0) is 32.0 Å². The molecule has 0 aliphatic heterocycles. The van der Waals surface area contributed by atoms with E-state index in [4.69, 9.17) is 15.0 Å². The second-order valence-electron chi connectivity index (χ2n) is 4.87. The zero-order valence-corrected chi connectivity index (χ0v) is 13.9. The molecule has 0 saturated heterocycles. The molecule has 0 saturated carbocycles. The van der Waals surface area contributed by atoms with Crippen LogP contribution in [0.25, 0.3) is 11.4 Å². The molecule has 0 aliphatic carbocycles. The number of aromatic nitrogens is 2. The number of ether oxygens (including phenoxy) is 1. The van der Waals surface area contributed by atoms with E-state index in [-0.39, 0.29) is 24.4 Å². The quantitative estimate of drug-likeness (QED) is 0.799. The summed E-state index contributed by atoms with van der Waals surface area (Å²) in [5, 5.41) is 6.74. The van der Waals surface area contributed by atoms with Gasteiger partial charge in [-0.2, -0.15) is 4.98 Å². The van der Waals surface area contributed by atoms with Crippen molar-refractivity contribution in [1.29, 1.82) is 0 Å². The Morgan fingerprint density at radius 2 is 2.26 bits per heavy atom. The van der Waals surface area contributed by atoms with Crippen molar-refractivity contribution in [1.82, 2.24) is 15.5 Å². The van der Waals surface area contributed by atoms with Gasteiger partial charge in [-0.1, -0.05) is 17.3 Å². The maximum absolute atomic E-state index is 11.7. The van der Waals surface area contributed by atoms with Crippen LogP contribution in [-0.2, 0) is 4.79 Å². The highest BCUT2D eigenvalue weighted by Crippen LogP contribution is 2.22. The number of methoxy groups -OCH3 is 1. The first-order valence-electron chi connectivity index (χ1n) is 7.11. The number of nitrogens with two attached hydrogens (primary N) is 1. The van der Waals surface area contributed by atoms with Crippen LogP contribution in [0.1, 0.15) is 31.7 Å². The Morgan fingerprint density at radius 3 is 2.96 bits per heavy atom. The van der Waals surface area contributed by atoms with Crippen LogP contribution >= 0.6 is 12.4 Å². The maximum atomic E-state index is 11.7. The van der Waals surface area contributed by atoms with Gasteiger partial charge in [-0.3, -0.25) is 4.79 Å². The molecule has 1 heterocycles. The van der Waals surface area contributed by atoms with Crippen LogP contribution in [-0.4, -0.2) is 29.7 Å². The maximum Gasteiger partial charge on any atom is 0.249 e. The van der Waals surface area contributed by atoms with E-state index in [1.165, 1.54) is 0 Å². The highest BCUT2D eigenvalue weighted by Gasteiger charge is 2.17. The number of rotatable bonds is 7. The van der Waals surface area contributed by atoms with Crippen molar-refractivity contribution in [2.24, 2.45) is 5.73 Å². The van der Waals surface area contributed by atoms with E-state index in [9.17, 15) is 4.79 Å². The molecular formula is C15H21ClN4O3. The summed E-state index contributed by atoms with van der Waals surface area (Å²) in [7, 11) is 1.60. The van der Waals surface area contributed by atoms with E-state index in [1.807, 2.05) is 24.3 Å². The van der Waals surface area contributed by atoms with Crippen molar-refractivity contribution < 1.29 is 14.1 Å². The molecule has 1 aromatic carbocycles. The molecular weight excluding hydrogens is 320 g/mol. The molecule has 0 bridgehead atoms. The zero-order valence-electron chi connectivity index (χ0n) is 13.1. The van der Waals surface area contributed by atoms with Crippen LogP contribution < -0.4 is 15.8 Å². The van der Waals surface area contributed by atoms with Crippen molar-refractivity contribution in [3.63, 3.8) is 0 Å². The molecule has 1 atom stereocenters. The second-order valence-corrected chi connectivity index (χ2v) is 4.87. The highest BCUT2D eigenvalue weighted by molar-refractivity contribution is 5.85. The van der Waals surface area contributed by atoms with Gasteiger partial charge < -0.3 is 20.3 Å². The molecule has 1 unspecified atom stereocenters. The molecule has 0 fully saturated rings. The molecule has 2 aromatic rings. The third-order valence-corrected chi connectivity index (χ3v) is 3.13. The molecule has 1 aromatic heterocycles. The molecule has 2 rings (SSSR count). The zero-order chi connectivity index (χ0) is 15.9. The van der Waals surface area contributed by atoms with Crippen molar-refractivity contribution in [2.45, 2.75) is 25.8 Å². The second kappa shape index (κ2) is 9.12. The standard InChI is InChI=1S/C15H20N4O3.ClH/c1-10(17-13(20)7-4-8-16)15-18-14(19-22-15)11-5-3-6-12(9-11)21-2;/h3,5-6,9-10H,4,7-8,16H2,1-2H3,(H,17,20);1H. The van der Waals surface area contributed by atoms with Gasteiger partial charge in [0.05, 0.1) is 7.11 Å². The Labute approximate surface area is 141 Å². The topological polar surface area (TPSA) is 103 Å². The number of hydrogen-bond acceptors (Lipinski definition) is 6. The van der Waals surface area contributed by atoms with Crippen molar-refractivity contribution in [2.75, 3.05) is 13.7 Å². The molecule has 1 amide bonds. The SMILES string of the molecule is COc1cccc(-c2noc(C(C)NC(=O)CCCN)n2)c1.Cl. The lowest BCUT2D eigenvalue weighted by molar-refractivity contribution is -0.121. The lowest BCUT2D eigenvalue weighted by Crippen LogP contribution is -2.27. The summed E-state index contributed by atoms with van der Waals surface area (Å²) >= 11 is 0. The van der Waals surface area contributed by atoms with E-state index in [2.05, 4.69) is 15.5 Å². The fourth-order valence-electron chi connectivity index (χ4n) is 1.93. The number of amides is 1. The van der Waals surface area contributed by atoms with Gasteiger partial charge >= 0.3 is 0 Å². The third kappa shape index (κ3) is 5.22. The Balaban J connectivity index is 0.00000264. The van der Waals surface area contributed by atoms with Crippen LogP contribution in [0, 0.1) is 0 Å². The summed E-state index contributed by atoms with van der Waals surface area (Å²) in [4.78, 5) is 16.0. The number of carbonyl (C=O) groups is 1. The van der Waals surface area contributed by atoms with Crippen LogP contribution in [0.3, 0.4) is 0 Å². The Hall–Kier alpha value is -2.12. The van der Waals surface area contributed by atoms with Gasteiger partial charge in [0.15, 0.2) is 0 Å².